The predicted octanol–water partition coefficient (Wildman–Crippen LogP) is 1.95. The number of amides is 1. The summed E-state index contributed by atoms with van der Waals surface area (Å²) in [5.74, 6) is 0.0531. The van der Waals surface area contributed by atoms with Crippen LogP contribution in [0.25, 0.3) is 0 Å². The van der Waals surface area contributed by atoms with E-state index in [2.05, 4.69) is 4.98 Å². The first-order valence-electron chi connectivity index (χ1n) is 6.40. The molecule has 1 atom stereocenters. The number of aryl methyl sites for hydroxylation is 1. The van der Waals surface area contributed by atoms with Crippen LogP contribution in [0.1, 0.15) is 43.2 Å². The zero-order valence-corrected chi connectivity index (χ0v) is 11.6. The molecule has 1 saturated heterocycles. The van der Waals surface area contributed by atoms with E-state index in [0.29, 0.717) is 19.5 Å². The average molecular weight is 250 g/mol. The smallest absolute Gasteiger partial charge is 0.255 e. The molecule has 1 aromatic heterocycles. The van der Waals surface area contributed by atoms with Gasteiger partial charge >= 0.3 is 0 Å². The van der Waals surface area contributed by atoms with Gasteiger partial charge in [-0.05, 0) is 26.3 Å². The molecule has 0 spiro atoms. The summed E-state index contributed by atoms with van der Waals surface area (Å²) in [6, 6.07) is 1.82. The summed E-state index contributed by atoms with van der Waals surface area (Å²) in [5.41, 5.74) is 0.629. The standard InChI is InChI=1S/C14H22N2O2/c1-10-11(5-7-15-10)12(17)16-8-6-14(4,18)13(2,3)9-16/h5,7,15,18H,6,8-9H2,1-4H3/t14-/m0/s1. The molecule has 4 heteroatoms. The van der Waals surface area contributed by atoms with Gasteiger partial charge in [0.05, 0.1) is 11.2 Å². The normalized spacial score (nSPS) is 27.3. The fraction of sp³-hybridized carbons (Fsp3) is 0.643. The molecule has 2 N–H and O–H groups in total. The number of hydrogen-bond donors (Lipinski definition) is 2. The monoisotopic (exact) mass is 250 g/mol. The Morgan fingerprint density at radius 1 is 1.44 bits per heavy atom. The Hall–Kier alpha value is -1.29. The van der Waals surface area contributed by atoms with Crippen LogP contribution in [0.5, 0.6) is 0 Å². The Balaban J connectivity index is 2.18. The maximum absolute atomic E-state index is 12.4. The van der Waals surface area contributed by atoms with Gasteiger partial charge in [0, 0.05) is 30.4 Å². The Morgan fingerprint density at radius 2 is 2.11 bits per heavy atom. The van der Waals surface area contributed by atoms with E-state index in [1.165, 1.54) is 0 Å². The molecule has 4 nitrogen and oxygen atoms in total. The van der Waals surface area contributed by atoms with Crippen molar-refractivity contribution in [1.29, 1.82) is 0 Å². The van der Waals surface area contributed by atoms with Gasteiger partial charge in [-0.15, -0.1) is 0 Å². The summed E-state index contributed by atoms with van der Waals surface area (Å²) in [7, 11) is 0. The van der Waals surface area contributed by atoms with Crippen molar-refractivity contribution in [3.05, 3.63) is 23.5 Å². The lowest BCUT2D eigenvalue weighted by atomic mass is 9.71. The molecule has 1 aromatic rings. The number of rotatable bonds is 1. The number of nitrogens with one attached hydrogen (secondary N) is 1. The topological polar surface area (TPSA) is 56.3 Å². The first kappa shape index (κ1) is 13.1. The number of carbonyl (C=O) groups is 1. The third-order valence-electron chi connectivity index (χ3n) is 4.38. The molecule has 0 radical (unpaired) electrons. The summed E-state index contributed by atoms with van der Waals surface area (Å²) in [5, 5.41) is 10.3. The summed E-state index contributed by atoms with van der Waals surface area (Å²) < 4.78 is 0. The van der Waals surface area contributed by atoms with Crippen LogP contribution in [-0.4, -0.2) is 39.6 Å². The fourth-order valence-corrected chi connectivity index (χ4v) is 2.45. The van der Waals surface area contributed by atoms with Gasteiger partial charge in [-0.1, -0.05) is 13.8 Å². The highest BCUT2D eigenvalue weighted by molar-refractivity contribution is 5.95. The molecule has 0 saturated carbocycles. The minimum atomic E-state index is -0.711. The highest BCUT2D eigenvalue weighted by Crippen LogP contribution is 2.38. The van der Waals surface area contributed by atoms with Crippen molar-refractivity contribution in [3.63, 3.8) is 0 Å². The van der Waals surface area contributed by atoms with E-state index in [-0.39, 0.29) is 11.3 Å². The second-order valence-electron chi connectivity index (χ2n) is 6.15. The highest BCUT2D eigenvalue weighted by Gasteiger charge is 2.45. The summed E-state index contributed by atoms with van der Waals surface area (Å²) in [4.78, 5) is 17.3. The second-order valence-corrected chi connectivity index (χ2v) is 6.15. The van der Waals surface area contributed by atoms with Gasteiger partial charge in [0.15, 0.2) is 0 Å². The molecule has 2 heterocycles. The third-order valence-corrected chi connectivity index (χ3v) is 4.38. The zero-order valence-electron chi connectivity index (χ0n) is 11.6. The van der Waals surface area contributed by atoms with E-state index < -0.39 is 5.60 Å². The zero-order chi connectivity index (χ0) is 13.6. The Kier molecular flexibility index (Phi) is 3.01. The number of aromatic nitrogens is 1. The molecular weight excluding hydrogens is 228 g/mol. The Morgan fingerprint density at radius 3 is 2.61 bits per heavy atom. The van der Waals surface area contributed by atoms with E-state index in [4.69, 9.17) is 0 Å². The minimum absolute atomic E-state index is 0.0531. The molecule has 0 bridgehead atoms. The highest BCUT2D eigenvalue weighted by atomic mass is 16.3. The molecule has 1 aliphatic heterocycles. The SMILES string of the molecule is Cc1[nH]ccc1C(=O)N1CC[C@](C)(O)C(C)(C)C1. The Bertz CT molecular complexity index is 460. The maximum atomic E-state index is 12.4. The van der Waals surface area contributed by atoms with Crippen molar-refractivity contribution >= 4 is 5.91 Å². The van der Waals surface area contributed by atoms with Crippen molar-refractivity contribution in [2.24, 2.45) is 5.41 Å². The number of nitrogens with zero attached hydrogens (tertiary/aromatic N) is 1. The van der Waals surface area contributed by atoms with Crippen LogP contribution < -0.4 is 0 Å². The number of hydrogen-bond acceptors (Lipinski definition) is 2. The van der Waals surface area contributed by atoms with E-state index in [9.17, 15) is 9.90 Å². The minimum Gasteiger partial charge on any atom is -0.389 e. The van der Waals surface area contributed by atoms with Gasteiger partial charge in [-0.2, -0.15) is 0 Å². The van der Waals surface area contributed by atoms with Crippen LogP contribution in [0.3, 0.4) is 0 Å². The Labute approximate surface area is 108 Å². The number of H-pyrrole nitrogens is 1. The quantitative estimate of drug-likeness (QED) is 0.800. The number of piperidine rings is 1. The largest absolute Gasteiger partial charge is 0.389 e. The van der Waals surface area contributed by atoms with Crippen LogP contribution in [0.4, 0.5) is 0 Å². The first-order chi connectivity index (χ1) is 8.24. The molecule has 100 valence electrons. The molecule has 1 fully saturated rings. The molecule has 0 aliphatic carbocycles. The van der Waals surface area contributed by atoms with Crippen LogP contribution in [0.15, 0.2) is 12.3 Å². The van der Waals surface area contributed by atoms with Gasteiger partial charge in [0.25, 0.3) is 5.91 Å². The fourth-order valence-electron chi connectivity index (χ4n) is 2.45. The van der Waals surface area contributed by atoms with E-state index in [1.807, 2.05) is 38.7 Å². The molecule has 1 amide bonds. The van der Waals surface area contributed by atoms with Gasteiger partial charge in [-0.3, -0.25) is 4.79 Å². The van der Waals surface area contributed by atoms with Crippen molar-refractivity contribution < 1.29 is 9.90 Å². The van der Waals surface area contributed by atoms with E-state index in [0.717, 1.165) is 11.3 Å². The first-order valence-corrected chi connectivity index (χ1v) is 6.40. The third kappa shape index (κ3) is 2.05. The van der Waals surface area contributed by atoms with Crippen LogP contribution in [0, 0.1) is 12.3 Å². The van der Waals surface area contributed by atoms with Crippen molar-refractivity contribution in [2.75, 3.05) is 13.1 Å². The van der Waals surface area contributed by atoms with Crippen molar-refractivity contribution in [3.8, 4) is 0 Å². The molecule has 1 aliphatic rings. The lowest BCUT2D eigenvalue weighted by Crippen LogP contribution is -2.57. The van der Waals surface area contributed by atoms with Gasteiger partial charge < -0.3 is 15.0 Å². The molecule has 0 unspecified atom stereocenters. The van der Waals surface area contributed by atoms with Crippen molar-refractivity contribution in [2.45, 2.75) is 39.7 Å². The molecule has 18 heavy (non-hydrogen) atoms. The summed E-state index contributed by atoms with van der Waals surface area (Å²) in [6.45, 7) is 8.98. The summed E-state index contributed by atoms with van der Waals surface area (Å²) >= 11 is 0. The number of aliphatic hydroxyl groups is 1. The average Bonchev–Trinajstić information content (AvgIpc) is 2.68. The number of aromatic amines is 1. The second kappa shape index (κ2) is 4.12. The van der Waals surface area contributed by atoms with Crippen LogP contribution in [0.2, 0.25) is 0 Å². The number of carbonyl (C=O) groups excluding carboxylic acids is 1. The maximum Gasteiger partial charge on any atom is 0.255 e. The molecule has 2 rings (SSSR count). The van der Waals surface area contributed by atoms with Crippen LogP contribution >= 0.6 is 0 Å². The molecule has 0 aromatic carbocycles. The van der Waals surface area contributed by atoms with Gasteiger partial charge in [0.1, 0.15) is 0 Å². The lowest BCUT2D eigenvalue weighted by molar-refractivity contribution is -0.0971. The van der Waals surface area contributed by atoms with E-state index in [1.54, 1.807) is 6.20 Å². The molecular formula is C14H22N2O2. The predicted molar refractivity (Wildman–Crippen MR) is 70.5 cm³/mol. The van der Waals surface area contributed by atoms with Crippen molar-refractivity contribution in [1.82, 2.24) is 9.88 Å². The number of likely N-dealkylation sites (tertiary alicyclic amines) is 1. The lowest BCUT2D eigenvalue weighted by Gasteiger charge is -2.48. The summed E-state index contributed by atoms with van der Waals surface area (Å²) in [6.07, 6.45) is 2.41. The van der Waals surface area contributed by atoms with E-state index >= 15 is 0 Å². The van der Waals surface area contributed by atoms with Gasteiger partial charge in [0.2, 0.25) is 0 Å². The van der Waals surface area contributed by atoms with Crippen LogP contribution in [-0.2, 0) is 0 Å². The van der Waals surface area contributed by atoms with Gasteiger partial charge in [-0.25, -0.2) is 0 Å².